The Hall–Kier alpha value is -2.04. The number of carbonyl (C=O) groups is 2. The molecule has 1 fully saturated rings. The van der Waals surface area contributed by atoms with Gasteiger partial charge in [0.15, 0.2) is 0 Å². The van der Waals surface area contributed by atoms with Crippen LogP contribution < -0.4 is 4.90 Å². The maximum atomic E-state index is 12.7. The minimum Gasteiger partial charge on any atom is -0.315 e. The molecule has 2 aromatic carbocycles. The Morgan fingerprint density at radius 3 is 2.22 bits per heavy atom. The quantitative estimate of drug-likeness (QED) is 0.786. The second-order valence-electron chi connectivity index (χ2n) is 5.40. The summed E-state index contributed by atoms with van der Waals surface area (Å²) in [7, 11) is 1.62. The number of urea groups is 1. The van der Waals surface area contributed by atoms with Crippen LogP contribution in [0.5, 0.6) is 0 Å². The van der Waals surface area contributed by atoms with Crippen molar-refractivity contribution in [3.8, 4) is 0 Å². The van der Waals surface area contributed by atoms with Crippen molar-refractivity contribution in [2.75, 3.05) is 11.9 Å². The Labute approximate surface area is 144 Å². The summed E-state index contributed by atoms with van der Waals surface area (Å²) < 4.78 is 0. The molecule has 0 N–H and O–H groups in total. The van der Waals surface area contributed by atoms with Crippen LogP contribution in [0.1, 0.15) is 5.56 Å². The minimum absolute atomic E-state index is 0.278. The third-order valence-electron chi connectivity index (χ3n) is 3.84. The van der Waals surface area contributed by atoms with Crippen LogP contribution in [0, 0.1) is 0 Å². The van der Waals surface area contributed by atoms with Crippen molar-refractivity contribution in [3.63, 3.8) is 0 Å². The molecule has 1 saturated heterocycles. The molecule has 1 atom stereocenters. The van der Waals surface area contributed by atoms with Gasteiger partial charge in [0.25, 0.3) is 5.91 Å². The van der Waals surface area contributed by atoms with E-state index >= 15 is 0 Å². The van der Waals surface area contributed by atoms with Crippen molar-refractivity contribution in [2.45, 2.75) is 12.5 Å². The maximum absolute atomic E-state index is 12.7. The number of imide groups is 1. The van der Waals surface area contributed by atoms with Crippen LogP contribution in [0.4, 0.5) is 10.5 Å². The lowest BCUT2D eigenvalue weighted by Gasteiger charge is -2.15. The third kappa shape index (κ3) is 3.05. The molecule has 1 heterocycles. The fourth-order valence-electron chi connectivity index (χ4n) is 2.67. The number of hydrogen-bond donors (Lipinski definition) is 0. The molecule has 118 valence electrons. The molecular formula is C17H14Cl2N2O2. The molecule has 6 heteroatoms. The Kier molecular flexibility index (Phi) is 4.28. The van der Waals surface area contributed by atoms with E-state index in [0.717, 1.165) is 10.5 Å². The Balaban J connectivity index is 1.92. The van der Waals surface area contributed by atoms with E-state index in [4.69, 9.17) is 23.2 Å². The SMILES string of the molecule is CN1C(=O)N(c2cc(Cl)cc(Cl)c2)C(=O)[C@H]1Cc1ccccc1. The number of carbonyl (C=O) groups excluding carboxylic acids is 2. The zero-order valence-corrected chi connectivity index (χ0v) is 13.9. The molecule has 4 nitrogen and oxygen atoms in total. The third-order valence-corrected chi connectivity index (χ3v) is 4.28. The number of hydrogen-bond acceptors (Lipinski definition) is 2. The van der Waals surface area contributed by atoms with Gasteiger partial charge in [-0.25, -0.2) is 9.69 Å². The molecule has 3 amide bonds. The summed E-state index contributed by atoms with van der Waals surface area (Å²) in [5, 5.41) is 0.754. The Morgan fingerprint density at radius 2 is 1.61 bits per heavy atom. The number of rotatable bonds is 3. The number of halogens is 2. The molecular weight excluding hydrogens is 335 g/mol. The molecule has 1 aliphatic rings. The van der Waals surface area contributed by atoms with Crippen LogP contribution in [0.3, 0.4) is 0 Å². The summed E-state index contributed by atoms with van der Waals surface area (Å²) in [6.45, 7) is 0. The summed E-state index contributed by atoms with van der Waals surface area (Å²) >= 11 is 12.0. The van der Waals surface area contributed by atoms with E-state index in [-0.39, 0.29) is 11.9 Å². The largest absolute Gasteiger partial charge is 0.331 e. The van der Waals surface area contributed by atoms with Gasteiger partial charge in [-0.3, -0.25) is 4.79 Å². The van der Waals surface area contributed by atoms with E-state index in [1.165, 1.54) is 4.90 Å². The number of likely N-dealkylation sites (N-methyl/N-ethyl adjacent to an activating group) is 1. The van der Waals surface area contributed by atoms with Gasteiger partial charge in [-0.05, 0) is 23.8 Å². The summed E-state index contributed by atoms with van der Waals surface area (Å²) in [6.07, 6.45) is 0.465. The van der Waals surface area contributed by atoms with Crippen molar-refractivity contribution in [1.29, 1.82) is 0 Å². The second kappa shape index (κ2) is 6.22. The summed E-state index contributed by atoms with van der Waals surface area (Å²) in [6, 6.07) is 13.4. The van der Waals surface area contributed by atoms with Gasteiger partial charge in [-0.1, -0.05) is 53.5 Å². The number of amides is 3. The zero-order chi connectivity index (χ0) is 16.6. The molecule has 0 spiro atoms. The summed E-state index contributed by atoms with van der Waals surface area (Å²) in [4.78, 5) is 27.8. The van der Waals surface area contributed by atoms with E-state index in [9.17, 15) is 9.59 Å². The average Bonchev–Trinajstić information content (AvgIpc) is 2.71. The van der Waals surface area contributed by atoms with Gasteiger partial charge in [-0.2, -0.15) is 0 Å². The molecule has 23 heavy (non-hydrogen) atoms. The first-order valence-electron chi connectivity index (χ1n) is 7.08. The van der Waals surface area contributed by atoms with Crippen molar-refractivity contribution in [2.24, 2.45) is 0 Å². The predicted molar refractivity (Wildman–Crippen MR) is 91.0 cm³/mol. The van der Waals surface area contributed by atoms with E-state index in [1.807, 2.05) is 30.3 Å². The molecule has 0 radical (unpaired) electrons. The van der Waals surface area contributed by atoms with Crippen LogP contribution >= 0.6 is 23.2 Å². The first-order valence-corrected chi connectivity index (χ1v) is 7.84. The van der Waals surface area contributed by atoms with Crippen LogP contribution in [0.2, 0.25) is 10.0 Å². The normalized spacial score (nSPS) is 18.0. The fraction of sp³-hybridized carbons (Fsp3) is 0.176. The topological polar surface area (TPSA) is 40.6 Å². The lowest BCUT2D eigenvalue weighted by molar-refractivity contribution is -0.119. The van der Waals surface area contributed by atoms with Crippen molar-refractivity contribution in [3.05, 3.63) is 64.1 Å². The number of benzene rings is 2. The first kappa shape index (κ1) is 15.8. The van der Waals surface area contributed by atoms with Crippen molar-refractivity contribution < 1.29 is 9.59 Å². The standard InChI is InChI=1S/C17H14Cl2N2O2/c1-20-15(7-11-5-3-2-4-6-11)16(22)21(17(20)23)14-9-12(18)8-13(19)10-14/h2-6,8-10,15H,7H2,1H3/t15-/m1/s1. The van der Waals surface area contributed by atoms with E-state index in [0.29, 0.717) is 22.2 Å². The average molecular weight is 349 g/mol. The second-order valence-corrected chi connectivity index (χ2v) is 6.27. The fourth-order valence-corrected chi connectivity index (χ4v) is 3.18. The van der Waals surface area contributed by atoms with Crippen LogP contribution in [-0.2, 0) is 11.2 Å². The summed E-state index contributed by atoms with van der Waals surface area (Å²) in [5.41, 5.74) is 1.39. The van der Waals surface area contributed by atoms with Crippen molar-refractivity contribution in [1.82, 2.24) is 4.90 Å². The van der Waals surface area contributed by atoms with Gasteiger partial charge in [-0.15, -0.1) is 0 Å². The molecule has 0 saturated carbocycles. The highest BCUT2D eigenvalue weighted by Crippen LogP contribution is 2.30. The monoisotopic (exact) mass is 348 g/mol. The highest BCUT2D eigenvalue weighted by molar-refractivity contribution is 6.35. The number of anilines is 1. The van der Waals surface area contributed by atoms with Crippen LogP contribution in [0.15, 0.2) is 48.5 Å². The minimum atomic E-state index is -0.539. The molecule has 1 aliphatic heterocycles. The predicted octanol–water partition coefficient (Wildman–Crippen LogP) is 4.00. The van der Waals surface area contributed by atoms with Crippen molar-refractivity contribution >= 4 is 40.8 Å². The molecule has 0 aliphatic carbocycles. The Morgan fingerprint density at radius 1 is 1.00 bits per heavy atom. The van der Waals surface area contributed by atoms with Gasteiger partial charge in [0.1, 0.15) is 6.04 Å². The first-order chi connectivity index (χ1) is 11.0. The van der Waals surface area contributed by atoms with Gasteiger partial charge in [0.05, 0.1) is 5.69 Å². The highest BCUT2D eigenvalue weighted by Gasteiger charge is 2.43. The van der Waals surface area contributed by atoms with Gasteiger partial charge in [0, 0.05) is 23.5 Å². The smallest absolute Gasteiger partial charge is 0.315 e. The van der Waals surface area contributed by atoms with Gasteiger partial charge >= 0.3 is 6.03 Å². The maximum Gasteiger partial charge on any atom is 0.331 e. The van der Waals surface area contributed by atoms with E-state index in [1.54, 1.807) is 25.2 Å². The number of nitrogens with zero attached hydrogens (tertiary/aromatic N) is 2. The molecule has 3 rings (SSSR count). The molecule has 0 aromatic heterocycles. The lowest BCUT2D eigenvalue weighted by Crippen LogP contribution is -2.33. The Bertz CT molecular complexity index is 744. The summed E-state index contributed by atoms with van der Waals surface area (Å²) in [5.74, 6) is -0.278. The highest BCUT2D eigenvalue weighted by atomic mass is 35.5. The molecule has 0 bridgehead atoms. The van der Waals surface area contributed by atoms with Gasteiger partial charge in [0.2, 0.25) is 0 Å². The van der Waals surface area contributed by atoms with Crippen LogP contribution in [0.25, 0.3) is 0 Å². The van der Waals surface area contributed by atoms with Gasteiger partial charge < -0.3 is 4.90 Å². The molecule has 0 unspecified atom stereocenters. The van der Waals surface area contributed by atoms with E-state index in [2.05, 4.69) is 0 Å². The van der Waals surface area contributed by atoms with Crippen LogP contribution in [-0.4, -0.2) is 29.9 Å². The zero-order valence-electron chi connectivity index (χ0n) is 12.4. The molecule has 2 aromatic rings. The van der Waals surface area contributed by atoms with E-state index < -0.39 is 6.04 Å². The lowest BCUT2D eigenvalue weighted by atomic mass is 10.1.